The fourth-order valence-corrected chi connectivity index (χ4v) is 1.08. The molecule has 0 aliphatic rings. The van der Waals surface area contributed by atoms with Crippen LogP contribution in [0.5, 0.6) is 0 Å². The first kappa shape index (κ1) is 14.3. The van der Waals surface area contributed by atoms with Crippen LogP contribution >= 0.6 is 0 Å². The maximum Gasteiger partial charge on any atom is 0.144 e. The molecule has 1 heterocycles. The lowest BCUT2D eigenvalue weighted by atomic mass is 10.1. The Morgan fingerprint density at radius 2 is 2.00 bits per heavy atom. The zero-order chi connectivity index (χ0) is 12.6. The van der Waals surface area contributed by atoms with E-state index in [9.17, 15) is 4.39 Å². The Bertz CT molecular complexity index is 392. The molecule has 86 valence electrons. The summed E-state index contributed by atoms with van der Waals surface area (Å²) in [6.45, 7) is 12.9. The van der Waals surface area contributed by atoms with E-state index in [-0.39, 0.29) is 5.82 Å². The molecule has 16 heavy (non-hydrogen) atoms. The summed E-state index contributed by atoms with van der Waals surface area (Å²) >= 11 is 0. The molecule has 0 spiro atoms. The van der Waals surface area contributed by atoms with Gasteiger partial charge in [0.05, 0.1) is 11.9 Å². The number of nitrogens with zero attached hydrogens (tertiary/aromatic N) is 1. The van der Waals surface area contributed by atoms with Crippen LogP contribution in [0.2, 0.25) is 0 Å². The quantitative estimate of drug-likeness (QED) is 0.690. The van der Waals surface area contributed by atoms with E-state index in [1.807, 2.05) is 13.8 Å². The van der Waals surface area contributed by atoms with Gasteiger partial charge in [0.2, 0.25) is 0 Å². The third-order valence-corrected chi connectivity index (χ3v) is 1.86. The second-order valence-corrected chi connectivity index (χ2v) is 2.88. The van der Waals surface area contributed by atoms with Crippen LogP contribution in [0.15, 0.2) is 43.6 Å². The maximum atomic E-state index is 12.9. The zero-order valence-corrected chi connectivity index (χ0v) is 10.1. The van der Waals surface area contributed by atoms with Gasteiger partial charge in [-0.15, -0.1) is 0 Å². The summed E-state index contributed by atoms with van der Waals surface area (Å²) in [7, 11) is 0. The van der Waals surface area contributed by atoms with Crippen molar-refractivity contribution >= 4 is 5.57 Å². The lowest BCUT2D eigenvalue weighted by Crippen LogP contribution is -1.91. The van der Waals surface area contributed by atoms with E-state index in [1.165, 1.54) is 6.20 Å². The lowest BCUT2D eigenvalue weighted by Gasteiger charge is -2.02. The van der Waals surface area contributed by atoms with Gasteiger partial charge in [-0.1, -0.05) is 45.2 Å². The molecule has 0 aliphatic carbocycles. The number of rotatable bonds is 3. The van der Waals surface area contributed by atoms with Crippen LogP contribution in [-0.2, 0) is 0 Å². The molecule has 2 heteroatoms. The van der Waals surface area contributed by atoms with E-state index in [0.29, 0.717) is 11.3 Å². The second-order valence-electron chi connectivity index (χ2n) is 2.88. The molecule has 1 aromatic heterocycles. The minimum atomic E-state index is -0.296. The van der Waals surface area contributed by atoms with Gasteiger partial charge in [0.1, 0.15) is 5.82 Å². The van der Waals surface area contributed by atoms with E-state index in [4.69, 9.17) is 0 Å². The van der Waals surface area contributed by atoms with Crippen molar-refractivity contribution < 1.29 is 4.39 Å². The topological polar surface area (TPSA) is 12.9 Å². The SMILES string of the molecule is C=C/C=C(\C=C)c1cc(C)c(F)cn1.CC. The molecule has 0 amide bonds. The van der Waals surface area contributed by atoms with E-state index in [2.05, 4.69) is 18.1 Å². The summed E-state index contributed by atoms with van der Waals surface area (Å²) in [6, 6.07) is 1.69. The normalized spacial score (nSPS) is 10.1. The number of aryl methyl sites for hydroxylation is 1. The van der Waals surface area contributed by atoms with Crippen molar-refractivity contribution in [2.45, 2.75) is 20.8 Å². The highest BCUT2D eigenvalue weighted by molar-refractivity contribution is 5.72. The molecule has 0 bridgehead atoms. The van der Waals surface area contributed by atoms with Crippen molar-refractivity contribution in [2.24, 2.45) is 0 Å². The van der Waals surface area contributed by atoms with Crippen molar-refractivity contribution in [3.05, 3.63) is 60.7 Å². The molecule has 0 aliphatic heterocycles. The number of hydrogen-bond acceptors (Lipinski definition) is 1. The van der Waals surface area contributed by atoms with Gasteiger partial charge < -0.3 is 0 Å². The number of halogens is 1. The van der Waals surface area contributed by atoms with Crippen LogP contribution in [-0.4, -0.2) is 4.98 Å². The fraction of sp³-hybridized carbons (Fsp3) is 0.214. The Hall–Kier alpha value is -1.70. The molecule has 1 aromatic rings. The van der Waals surface area contributed by atoms with Crippen molar-refractivity contribution in [1.29, 1.82) is 0 Å². The maximum absolute atomic E-state index is 12.9. The van der Waals surface area contributed by atoms with Gasteiger partial charge in [-0.2, -0.15) is 0 Å². The van der Waals surface area contributed by atoms with E-state index in [0.717, 1.165) is 5.57 Å². The second kappa shape index (κ2) is 7.57. The van der Waals surface area contributed by atoms with E-state index >= 15 is 0 Å². The smallest absolute Gasteiger partial charge is 0.144 e. The molecule has 0 aromatic carbocycles. The molecule has 1 rings (SSSR count). The summed E-state index contributed by atoms with van der Waals surface area (Å²) in [4.78, 5) is 3.97. The van der Waals surface area contributed by atoms with Gasteiger partial charge in [0.25, 0.3) is 0 Å². The number of allylic oxidation sites excluding steroid dienone is 4. The van der Waals surface area contributed by atoms with Crippen LogP contribution < -0.4 is 0 Å². The van der Waals surface area contributed by atoms with Crippen LogP contribution in [0.4, 0.5) is 4.39 Å². The summed E-state index contributed by atoms with van der Waals surface area (Å²) in [5, 5.41) is 0. The number of pyridine rings is 1. The van der Waals surface area contributed by atoms with Gasteiger partial charge in [-0.25, -0.2) is 4.39 Å². The molecule has 0 N–H and O–H groups in total. The Balaban J connectivity index is 0.00000106. The average molecular weight is 219 g/mol. The Morgan fingerprint density at radius 1 is 1.38 bits per heavy atom. The minimum Gasteiger partial charge on any atom is -0.253 e. The predicted molar refractivity (Wildman–Crippen MR) is 68.7 cm³/mol. The Morgan fingerprint density at radius 3 is 2.44 bits per heavy atom. The number of aromatic nitrogens is 1. The van der Waals surface area contributed by atoms with Crippen LogP contribution in [0, 0.1) is 12.7 Å². The molecule has 0 unspecified atom stereocenters. The molecule has 0 saturated carbocycles. The number of hydrogen-bond donors (Lipinski definition) is 0. The molecule has 0 radical (unpaired) electrons. The molecular weight excluding hydrogens is 201 g/mol. The van der Waals surface area contributed by atoms with Crippen LogP contribution in [0.3, 0.4) is 0 Å². The van der Waals surface area contributed by atoms with Crippen molar-refractivity contribution in [3.8, 4) is 0 Å². The first-order chi connectivity index (χ1) is 7.69. The van der Waals surface area contributed by atoms with Crippen molar-refractivity contribution in [2.75, 3.05) is 0 Å². The van der Waals surface area contributed by atoms with E-state index in [1.54, 1.807) is 31.2 Å². The van der Waals surface area contributed by atoms with Crippen molar-refractivity contribution in [1.82, 2.24) is 4.98 Å². The van der Waals surface area contributed by atoms with Gasteiger partial charge >= 0.3 is 0 Å². The molecule has 1 nitrogen and oxygen atoms in total. The molecule has 0 fully saturated rings. The molecule has 0 saturated heterocycles. The summed E-state index contributed by atoms with van der Waals surface area (Å²) in [5.74, 6) is -0.296. The first-order valence-corrected chi connectivity index (χ1v) is 5.26. The highest BCUT2D eigenvalue weighted by Gasteiger charge is 2.02. The van der Waals surface area contributed by atoms with E-state index < -0.39 is 0 Å². The van der Waals surface area contributed by atoms with Gasteiger partial charge in [-0.05, 0) is 24.1 Å². The summed E-state index contributed by atoms with van der Waals surface area (Å²) < 4.78 is 12.9. The van der Waals surface area contributed by atoms with Gasteiger partial charge in [-0.3, -0.25) is 4.98 Å². The predicted octanol–water partition coefficient (Wildman–Crippen LogP) is 4.31. The molecular formula is C14H18FN. The van der Waals surface area contributed by atoms with Crippen LogP contribution in [0.1, 0.15) is 25.1 Å². The Kier molecular flexibility index (Phi) is 6.77. The highest BCUT2D eigenvalue weighted by Crippen LogP contribution is 2.15. The summed E-state index contributed by atoms with van der Waals surface area (Å²) in [6.07, 6.45) is 6.32. The van der Waals surface area contributed by atoms with Crippen molar-refractivity contribution in [3.63, 3.8) is 0 Å². The third-order valence-electron chi connectivity index (χ3n) is 1.86. The highest BCUT2D eigenvalue weighted by atomic mass is 19.1. The first-order valence-electron chi connectivity index (χ1n) is 5.26. The summed E-state index contributed by atoms with van der Waals surface area (Å²) in [5.41, 5.74) is 2.12. The Labute approximate surface area is 97.0 Å². The van der Waals surface area contributed by atoms with Gasteiger partial charge in [0.15, 0.2) is 0 Å². The zero-order valence-electron chi connectivity index (χ0n) is 10.1. The van der Waals surface area contributed by atoms with Gasteiger partial charge in [0, 0.05) is 0 Å². The monoisotopic (exact) mass is 219 g/mol. The third kappa shape index (κ3) is 3.81. The fourth-order valence-electron chi connectivity index (χ4n) is 1.08. The lowest BCUT2D eigenvalue weighted by molar-refractivity contribution is 0.611. The largest absolute Gasteiger partial charge is 0.253 e. The molecule has 0 atom stereocenters. The van der Waals surface area contributed by atoms with Crippen LogP contribution in [0.25, 0.3) is 5.57 Å². The average Bonchev–Trinajstić information content (AvgIpc) is 2.32. The minimum absolute atomic E-state index is 0.296. The standard InChI is InChI=1S/C12H12FN.C2H6/c1-4-6-10(5-2)12-7-9(3)11(13)8-14-12;1-2/h4-8H,1-2H2,3H3;1-2H3/b10-6+;.